The highest BCUT2D eigenvalue weighted by Crippen LogP contribution is 2.45. The molecule has 0 amide bonds. The summed E-state index contributed by atoms with van der Waals surface area (Å²) in [6, 6.07) is 0. The Labute approximate surface area is 111 Å². The topological polar surface area (TPSA) is 37.3 Å². The first kappa shape index (κ1) is 13.7. The minimum Gasteiger partial charge on any atom is -0.481 e. The predicted octanol–water partition coefficient (Wildman–Crippen LogP) is 4.16. The number of rotatable bonds is 3. The number of allylic oxidation sites excluding steroid dienone is 3. The van der Waals surface area contributed by atoms with E-state index in [0.29, 0.717) is 0 Å². The summed E-state index contributed by atoms with van der Waals surface area (Å²) >= 11 is 2.34. The van der Waals surface area contributed by atoms with Gasteiger partial charge in [-0.2, -0.15) is 0 Å². The molecular formula is C13H19IO2. The number of carboxylic acid groups (broad SMARTS) is 1. The summed E-state index contributed by atoms with van der Waals surface area (Å²) in [5.74, 6) is -0.765. The number of carboxylic acids is 1. The van der Waals surface area contributed by atoms with Gasteiger partial charge < -0.3 is 5.11 Å². The summed E-state index contributed by atoms with van der Waals surface area (Å²) in [6.45, 7) is 7.92. The van der Waals surface area contributed by atoms with Crippen LogP contribution in [-0.4, -0.2) is 11.1 Å². The Morgan fingerprint density at radius 1 is 1.62 bits per heavy atom. The van der Waals surface area contributed by atoms with E-state index >= 15 is 0 Å². The van der Waals surface area contributed by atoms with Gasteiger partial charge in [0.1, 0.15) is 0 Å². The molecule has 1 aliphatic rings. The highest BCUT2D eigenvalue weighted by molar-refractivity contribution is 14.1. The van der Waals surface area contributed by atoms with E-state index in [1.54, 1.807) is 13.8 Å². The van der Waals surface area contributed by atoms with Gasteiger partial charge in [0.15, 0.2) is 0 Å². The number of hydrogen-bond donors (Lipinski definition) is 1. The van der Waals surface area contributed by atoms with Crippen molar-refractivity contribution in [3.05, 3.63) is 21.3 Å². The van der Waals surface area contributed by atoms with E-state index in [-0.39, 0.29) is 5.41 Å². The maximum absolute atomic E-state index is 11.2. The van der Waals surface area contributed by atoms with Crippen LogP contribution in [0.5, 0.6) is 0 Å². The van der Waals surface area contributed by atoms with Crippen LogP contribution in [-0.2, 0) is 4.79 Å². The molecule has 0 aromatic heterocycles. The van der Waals surface area contributed by atoms with Crippen LogP contribution in [0.1, 0.15) is 40.5 Å². The first-order chi connectivity index (χ1) is 7.24. The van der Waals surface area contributed by atoms with Crippen LogP contribution in [0.4, 0.5) is 0 Å². The number of halogens is 1. The Morgan fingerprint density at radius 3 is 2.56 bits per heavy atom. The van der Waals surface area contributed by atoms with E-state index in [9.17, 15) is 9.90 Å². The van der Waals surface area contributed by atoms with E-state index in [1.807, 2.05) is 6.08 Å². The molecule has 3 heteroatoms. The van der Waals surface area contributed by atoms with Crippen molar-refractivity contribution in [3.63, 3.8) is 0 Å². The molecule has 0 aromatic rings. The molecule has 0 fully saturated rings. The zero-order chi connectivity index (χ0) is 12.6. The fourth-order valence-corrected chi connectivity index (χ4v) is 2.61. The maximum atomic E-state index is 11.2. The minimum absolute atomic E-state index is 0.193. The Bertz CT molecular complexity index is 366. The molecule has 0 spiro atoms. The van der Waals surface area contributed by atoms with Crippen LogP contribution in [0, 0.1) is 10.8 Å². The normalized spacial score (nSPS) is 26.1. The lowest BCUT2D eigenvalue weighted by molar-refractivity contribution is -0.144. The van der Waals surface area contributed by atoms with Gasteiger partial charge in [0.05, 0.1) is 5.41 Å². The first-order valence-corrected chi connectivity index (χ1v) is 6.63. The SMILES string of the molecule is CCC1(C)CC=C(C(C)(C)C(=O)O)C=C1I. The van der Waals surface area contributed by atoms with Crippen molar-refractivity contribution < 1.29 is 9.90 Å². The molecule has 0 aliphatic heterocycles. The molecule has 1 atom stereocenters. The van der Waals surface area contributed by atoms with Gasteiger partial charge in [-0.1, -0.05) is 19.9 Å². The van der Waals surface area contributed by atoms with Crippen molar-refractivity contribution in [2.24, 2.45) is 10.8 Å². The van der Waals surface area contributed by atoms with Crippen LogP contribution in [0.2, 0.25) is 0 Å². The summed E-state index contributed by atoms with van der Waals surface area (Å²) in [5, 5.41) is 9.19. The highest BCUT2D eigenvalue weighted by Gasteiger charge is 2.35. The molecule has 0 saturated heterocycles. The van der Waals surface area contributed by atoms with Gasteiger partial charge in [-0.15, -0.1) is 0 Å². The molecule has 2 nitrogen and oxygen atoms in total. The Morgan fingerprint density at radius 2 is 2.19 bits per heavy atom. The van der Waals surface area contributed by atoms with Gasteiger partial charge in [0, 0.05) is 5.41 Å². The monoisotopic (exact) mass is 334 g/mol. The average molecular weight is 334 g/mol. The van der Waals surface area contributed by atoms with E-state index < -0.39 is 11.4 Å². The van der Waals surface area contributed by atoms with Gasteiger partial charge in [-0.3, -0.25) is 4.79 Å². The van der Waals surface area contributed by atoms with Crippen molar-refractivity contribution in [1.82, 2.24) is 0 Å². The standard InChI is InChI=1S/C13H19IO2/c1-5-13(4)7-6-9(8-10(13)14)12(2,3)11(15)16/h6,8H,5,7H2,1-4H3,(H,15,16). The third kappa shape index (κ3) is 2.34. The molecule has 0 heterocycles. The van der Waals surface area contributed by atoms with Crippen molar-refractivity contribution in [2.45, 2.75) is 40.5 Å². The van der Waals surface area contributed by atoms with E-state index in [4.69, 9.17) is 0 Å². The van der Waals surface area contributed by atoms with E-state index in [0.717, 1.165) is 18.4 Å². The second kappa shape index (κ2) is 4.51. The molecule has 1 unspecified atom stereocenters. The summed E-state index contributed by atoms with van der Waals surface area (Å²) in [4.78, 5) is 11.2. The van der Waals surface area contributed by atoms with Gasteiger partial charge in [-0.25, -0.2) is 0 Å². The van der Waals surface area contributed by atoms with Gasteiger partial charge in [0.2, 0.25) is 0 Å². The Kier molecular flexibility index (Phi) is 3.87. The fraction of sp³-hybridized carbons (Fsp3) is 0.615. The van der Waals surface area contributed by atoms with Crippen molar-refractivity contribution >= 4 is 28.6 Å². The molecule has 0 aromatic carbocycles. The second-order valence-electron chi connectivity index (χ2n) is 5.20. The van der Waals surface area contributed by atoms with Crippen LogP contribution in [0.25, 0.3) is 0 Å². The lowest BCUT2D eigenvalue weighted by Crippen LogP contribution is -2.28. The van der Waals surface area contributed by atoms with Gasteiger partial charge in [0.25, 0.3) is 0 Å². The summed E-state index contributed by atoms with van der Waals surface area (Å²) in [5.41, 5.74) is 0.333. The van der Waals surface area contributed by atoms with E-state index in [2.05, 4.69) is 42.5 Å². The Hall–Kier alpha value is -0.320. The second-order valence-corrected chi connectivity index (χ2v) is 6.36. The summed E-state index contributed by atoms with van der Waals surface area (Å²) in [6.07, 6.45) is 6.14. The molecule has 0 radical (unpaired) electrons. The number of hydrogen-bond acceptors (Lipinski definition) is 1. The largest absolute Gasteiger partial charge is 0.481 e. The number of aliphatic carboxylic acids is 1. The van der Waals surface area contributed by atoms with Gasteiger partial charge >= 0.3 is 5.97 Å². The van der Waals surface area contributed by atoms with Crippen LogP contribution in [0.15, 0.2) is 21.3 Å². The molecule has 0 saturated carbocycles. The smallest absolute Gasteiger partial charge is 0.313 e. The Balaban J connectivity index is 3.04. The predicted molar refractivity (Wildman–Crippen MR) is 74.6 cm³/mol. The molecule has 0 bridgehead atoms. The molecule has 90 valence electrons. The fourth-order valence-electron chi connectivity index (χ4n) is 1.67. The molecule has 1 N–H and O–H groups in total. The third-order valence-electron chi connectivity index (χ3n) is 3.67. The maximum Gasteiger partial charge on any atom is 0.313 e. The first-order valence-electron chi connectivity index (χ1n) is 5.56. The summed E-state index contributed by atoms with van der Waals surface area (Å²) in [7, 11) is 0. The minimum atomic E-state index is -0.786. The van der Waals surface area contributed by atoms with Crippen molar-refractivity contribution in [2.75, 3.05) is 0 Å². The average Bonchev–Trinajstić information content (AvgIpc) is 2.21. The third-order valence-corrected chi connectivity index (χ3v) is 5.28. The molecule has 16 heavy (non-hydrogen) atoms. The number of carbonyl (C=O) groups is 1. The zero-order valence-corrected chi connectivity index (χ0v) is 12.5. The van der Waals surface area contributed by atoms with Crippen LogP contribution < -0.4 is 0 Å². The highest BCUT2D eigenvalue weighted by atomic mass is 127. The lowest BCUT2D eigenvalue weighted by atomic mass is 9.74. The van der Waals surface area contributed by atoms with Crippen molar-refractivity contribution in [3.8, 4) is 0 Å². The molecular weight excluding hydrogens is 315 g/mol. The van der Waals surface area contributed by atoms with Crippen LogP contribution >= 0.6 is 22.6 Å². The van der Waals surface area contributed by atoms with Gasteiger partial charge in [-0.05, 0) is 64.5 Å². The molecule has 1 aliphatic carbocycles. The van der Waals surface area contributed by atoms with Crippen molar-refractivity contribution in [1.29, 1.82) is 0 Å². The zero-order valence-electron chi connectivity index (χ0n) is 10.3. The van der Waals surface area contributed by atoms with Crippen LogP contribution in [0.3, 0.4) is 0 Å². The summed E-state index contributed by atoms with van der Waals surface area (Å²) < 4.78 is 1.26. The quantitative estimate of drug-likeness (QED) is 0.787. The molecule has 1 rings (SSSR count). The van der Waals surface area contributed by atoms with E-state index in [1.165, 1.54) is 3.58 Å². The lowest BCUT2D eigenvalue weighted by Gasteiger charge is -2.33.